The fourth-order valence-electron chi connectivity index (χ4n) is 1.86. The van der Waals surface area contributed by atoms with Crippen molar-refractivity contribution in [2.75, 3.05) is 0 Å². The number of hydrogen-bond acceptors (Lipinski definition) is 3. The van der Waals surface area contributed by atoms with E-state index in [-0.39, 0.29) is 0 Å². The molecule has 0 spiro atoms. The highest BCUT2D eigenvalue weighted by Crippen LogP contribution is 2.26. The van der Waals surface area contributed by atoms with Crippen LogP contribution in [0.5, 0.6) is 0 Å². The molecule has 0 aliphatic carbocycles. The van der Waals surface area contributed by atoms with Crippen molar-refractivity contribution < 1.29 is 0 Å². The molecule has 2 rings (SSSR count). The van der Waals surface area contributed by atoms with Gasteiger partial charge in [0.1, 0.15) is 0 Å². The lowest BCUT2D eigenvalue weighted by Gasteiger charge is -2.13. The quantitative estimate of drug-likeness (QED) is 0.887. The van der Waals surface area contributed by atoms with E-state index in [1.807, 2.05) is 18.3 Å². The molecule has 0 aromatic carbocycles. The first-order chi connectivity index (χ1) is 8.70. The van der Waals surface area contributed by atoms with Crippen LogP contribution in [0, 0.1) is 0 Å². The molecule has 2 aromatic heterocycles. The van der Waals surface area contributed by atoms with Crippen LogP contribution in [0.25, 0.3) is 0 Å². The zero-order chi connectivity index (χ0) is 13.0. The van der Waals surface area contributed by atoms with Gasteiger partial charge in [0.2, 0.25) is 0 Å². The Hall–Kier alpha value is -0.900. The number of aromatic nitrogens is 1. The molecule has 0 aliphatic rings. The van der Waals surface area contributed by atoms with Crippen LogP contribution < -0.4 is 5.32 Å². The van der Waals surface area contributed by atoms with E-state index in [0.717, 1.165) is 23.0 Å². The second kappa shape index (κ2) is 6.32. The largest absolute Gasteiger partial charge is 0.304 e. The van der Waals surface area contributed by atoms with Gasteiger partial charge in [-0.15, -0.1) is 11.3 Å². The first-order valence-corrected chi connectivity index (χ1v) is 7.31. The maximum Gasteiger partial charge on any atom is 0.0931 e. The molecule has 96 valence electrons. The number of hydrogen-bond donors (Lipinski definition) is 1. The predicted molar refractivity (Wildman–Crippen MR) is 78.2 cm³/mol. The highest BCUT2D eigenvalue weighted by atomic mass is 35.5. The summed E-state index contributed by atoms with van der Waals surface area (Å²) in [6, 6.07) is 8.44. The third-order valence-electron chi connectivity index (χ3n) is 2.96. The summed E-state index contributed by atoms with van der Waals surface area (Å²) in [5.74, 6) is 0. The highest BCUT2D eigenvalue weighted by molar-refractivity contribution is 7.16. The first kappa shape index (κ1) is 13.5. The van der Waals surface area contributed by atoms with E-state index in [0.29, 0.717) is 6.04 Å². The van der Waals surface area contributed by atoms with Gasteiger partial charge in [-0.1, -0.05) is 24.6 Å². The molecule has 0 saturated carbocycles. The van der Waals surface area contributed by atoms with Gasteiger partial charge in [0.05, 0.1) is 10.0 Å². The van der Waals surface area contributed by atoms with Crippen molar-refractivity contribution in [1.82, 2.24) is 10.3 Å². The average molecular weight is 281 g/mol. The maximum atomic E-state index is 5.95. The van der Waals surface area contributed by atoms with Gasteiger partial charge in [0.25, 0.3) is 0 Å². The summed E-state index contributed by atoms with van der Waals surface area (Å²) in [6.07, 6.45) is 2.87. The van der Waals surface area contributed by atoms with Crippen LogP contribution in [0.15, 0.2) is 30.5 Å². The second-order valence-electron chi connectivity index (χ2n) is 4.21. The second-order valence-corrected chi connectivity index (χ2v) is 5.95. The van der Waals surface area contributed by atoms with Crippen LogP contribution in [0.3, 0.4) is 0 Å². The standard InChI is InChI=1S/C14H17ClN2S/c1-3-11-5-4-8-16-12(11)9-17-10(2)13-6-7-14(15)18-13/h4-8,10,17H,3,9H2,1-2H3. The number of thiophene rings is 1. The number of nitrogens with one attached hydrogen (secondary N) is 1. The van der Waals surface area contributed by atoms with Crippen LogP contribution in [0.1, 0.15) is 36.0 Å². The Kier molecular flexibility index (Phi) is 4.75. The summed E-state index contributed by atoms with van der Waals surface area (Å²) in [4.78, 5) is 5.69. The topological polar surface area (TPSA) is 24.9 Å². The number of aryl methyl sites for hydroxylation is 1. The Balaban J connectivity index is 1.99. The van der Waals surface area contributed by atoms with Gasteiger partial charge < -0.3 is 5.32 Å². The van der Waals surface area contributed by atoms with Crippen LogP contribution in [0.4, 0.5) is 0 Å². The van der Waals surface area contributed by atoms with Gasteiger partial charge in [-0.2, -0.15) is 0 Å². The van der Waals surface area contributed by atoms with Crippen molar-refractivity contribution in [2.24, 2.45) is 0 Å². The first-order valence-electron chi connectivity index (χ1n) is 6.12. The minimum Gasteiger partial charge on any atom is -0.304 e. The summed E-state index contributed by atoms with van der Waals surface area (Å²) in [6.45, 7) is 5.10. The number of halogens is 1. The molecule has 1 atom stereocenters. The molecular formula is C14H17ClN2S. The lowest BCUT2D eigenvalue weighted by molar-refractivity contribution is 0.573. The molecule has 0 saturated heterocycles. The SMILES string of the molecule is CCc1cccnc1CNC(C)c1ccc(Cl)s1. The lowest BCUT2D eigenvalue weighted by Crippen LogP contribution is -2.18. The highest BCUT2D eigenvalue weighted by Gasteiger charge is 2.09. The Morgan fingerprint density at radius 3 is 2.89 bits per heavy atom. The molecule has 0 fully saturated rings. The third kappa shape index (κ3) is 3.31. The van der Waals surface area contributed by atoms with E-state index in [9.17, 15) is 0 Å². The minimum atomic E-state index is 0.300. The number of nitrogens with zero attached hydrogens (tertiary/aromatic N) is 1. The normalized spacial score (nSPS) is 12.6. The molecule has 2 nitrogen and oxygen atoms in total. The van der Waals surface area contributed by atoms with Crippen molar-refractivity contribution in [2.45, 2.75) is 32.9 Å². The van der Waals surface area contributed by atoms with Crippen LogP contribution in [-0.4, -0.2) is 4.98 Å². The molecule has 2 aromatic rings. The zero-order valence-electron chi connectivity index (χ0n) is 10.6. The Morgan fingerprint density at radius 1 is 1.39 bits per heavy atom. The number of rotatable bonds is 5. The van der Waals surface area contributed by atoms with Gasteiger partial charge in [0.15, 0.2) is 0 Å². The Bertz CT molecular complexity index is 510. The third-order valence-corrected chi connectivity index (χ3v) is 4.38. The van der Waals surface area contributed by atoms with Crippen LogP contribution >= 0.6 is 22.9 Å². The summed E-state index contributed by atoms with van der Waals surface area (Å²) in [7, 11) is 0. The molecule has 1 N–H and O–H groups in total. The van der Waals surface area contributed by atoms with Crippen LogP contribution in [-0.2, 0) is 13.0 Å². The minimum absolute atomic E-state index is 0.300. The van der Waals surface area contributed by atoms with Gasteiger partial charge in [-0.25, -0.2) is 0 Å². The fraction of sp³-hybridized carbons (Fsp3) is 0.357. The smallest absolute Gasteiger partial charge is 0.0931 e. The summed E-state index contributed by atoms with van der Waals surface area (Å²) >= 11 is 7.57. The predicted octanol–water partition coefficient (Wildman–Crippen LogP) is 4.21. The van der Waals surface area contributed by atoms with Crippen molar-refractivity contribution in [1.29, 1.82) is 0 Å². The van der Waals surface area contributed by atoms with E-state index in [1.165, 1.54) is 10.4 Å². The molecule has 2 heterocycles. The van der Waals surface area contributed by atoms with Gasteiger partial charge in [0, 0.05) is 23.7 Å². The Labute approximate surface area is 117 Å². The molecule has 0 bridgehead atoms. The molecule has 0 radical (unpaired) electrons. The lowest BCUT2D eigenvalue weighted by atomic mass is 10.1. The van der Waals surface area contributed by atoms with E-state index in [4.69, 9.17) is 11.6 Å². The number of pyridine rings is 1. The Morgan fingerprint density at radius 2 is 2.22 bits per heavy atom. The average Bonchev–Trinajstić information content (AvgIpc) is 2.83. The van der Waals surface area contributed by atoms with E-state index in [1.54, 1.807) is 11.3 Å². The molecule has 4 heteroatoms. The summed E-state index contributed by atoms with van der Waals surface area (Å²) in [5.41, 5.74) is 2.44. The molecule has 0 aliphatic heterocycles. The fourth-order valence-corrected chi connectivity index (χ4v) is 2.95. The summed E-state index contributed by atoms with van der Waals surface area (Å²) < 4.78 is 0.839. The van der Waals surface area contributed by atoms with Crippen LogP contribution in [0.2, 0.25) is 4.34 Å². The van der Waals surface area contributed by atoms with Crippen molar-refractivity contribution >= 4 is 22.9 Å². The van der Waals surface area contributed by atoms with Crippen molar-refractivity contribution in [3.8, 4) is 0 Å². The van der Waals surface area contributed by atoms with E-state index in [2.05, 4.69) is 36.3 Å². The van der Waals surface area contributed by atoms with Crippen molar-refractivity contribution in [3.63, 3.8) is 0 Å². The molecular weight excluding hydrogens is 264 g/mol. The summed E-state index contributed by atoms with van der Waals surface area (Å²) in [5, 5.41) is 3.49. The van der Waals surface area contributed by atoms with Crippen molar-refractivity contribution in [3.05, 3.63) is 50.9 Å². The van der Waals surface area contributed by atoms with E-state index >= 15 is 0 Å². The molecule has 18 heavy (non-hydrogen) atoms. The van der Waals surface area contributed by atoms with Gasteiger partial charge in [-0.05, 0) is 37.1 Å². The maximum absolute atomic E-state index is 5.95. The van der Waals surface area contributed by atoms with Gasteiger partial charge >= 0.3 is 0 Å². The van der Waals surface area contributed by atoms with E-state index < -0.39 is 0 Å². The molecule has 0 amide bonds. The van der Waals surface area contributed by atoms with Gasteiger partial charge in [-0.3, -0.25) is 4.98 Å². The molecule has 1 unspecified atom stereocenters. The zero-order valence-corrected chi connectivity index (χ0v) is 12.2. The monoisotopic (exact) mass is 280 g/mol.